The number of methoxy groups -OCH3 is 2. The molecule has 3 aromatic rings. The number of benzene rings is 1. The summed E-state index contributed by atoms with van der Waals surface area (Å²) in [5.74, 6) is 1.08. The highest BCUT2D eigenvalue weighted by Crippen LogP contribution is 2.31. The van der Waals surface area contributed by atoms with E-state index in [4.69, 9.17) is 25.8 Å². The van der Waals surface area contributed by atoms with Crippen molar-refractivity contribution < 1.29 is 22.6 Å². The summed E-state index contributed by atoms with van der Waals surface area (Å²) in [5.41, 5.74) is 1.28. The van der Waals surface area contributed by atoms with Crippen molar-refractivity contribution in [2.24, 2.45) is 0 Å². The Bertz CT molecular complexity index is 1240. The average molecular weight is 525 g/mol. The lowest BCUT2D eigenvalue weighted by atomic mass is 10.2. The minimum Gasteiger partial charge on any atom is -0.497 e. The van der Waals surface area contributed by atoms with E-state index in [2.05, 4.69) is 24.9 Å². The summed E-state index contributed by atoms with van der Waals surface area (Å²) < 4.78 is 47.4. The highest BCUT2D eigenvalue weighted by atomic mass is 35.5. The van der Waals surface area contributed by atoms with Crippen molar-refractivity contribution >= 4 is 27.6 Å². The molecule has 190 valence electrons. The first-order chi connectivity index (χ1) is 16.7. The third kappa shape index (κ3) is 6.26. The standard InChI is InChI=1S/C22H29ClN6O5S/c1-6-9-34-20(21-24-11-14(2)12-25-21)15(3)35(30,31)28-22-27-26-19(13-32-4)29(22)18-10-16(33-5)7-8-17(18)23/h7-8,10-12,15,20H,6,9,13H2,1-5H3,(H,27,28)/t15-,20+/m0/s1. The Morgan fingerprint density at radius 2 is 1.89 bits per heavy atom. The van der Waals surface area contributed by atoms with Gasteiger partial charge in [-0.05, 0) is 38.0 Å². The molecule has 0 aliphatic carbocycles. The Balaban J connectivity index is 2.01. The van der Waals surface area contributed by atoms with E-state index in [0.717, 1.165) is 5.56 Å². The molecule has 0 unspecified atom stereocenters. The maximum Gasteiger partial charge on any atom is 0.243 e. The van der Waals surface area contributed by atoms with E-state index in [1.54, 1.807) is 30.6 Å². The van der Waals surface area contributed by atoms with Crippen molar-refractivity contribution in [1.82, 2.24) is 24.7 Å². The van der Waals surface area contributed by atoms with E-state index in [9.17, 15) is 8.42 Å². The van der Waals surface area contributed by atoms with Crippen molar-refractivity contribution in [1.29, 1.82) is 0 Å². The molecule has 1 N–H and O–H groups in total. The van der Waals surface area contributed by atoms with Gasteiger partial charge in [-0.3, -0.25) is 9.29 Å². The first-order valence-electron chi connectivity index (χ1n) is 10.9. The zero-order chi connectivity index (χ0) is 25.6. The molecular formula is C22H29ClN6O5S. The summed E-state index contributed by atoms with van der Waals surface area (Å²) in [6, 6.07) is 4.98. The molecule has 0 aliphatic rings. The van der Waals surface area contributed by atoms with Crippen molar-refractivity contribution in [3.05, 3.63) is 52.8 Å². The molecule has 0 spiro atoms. The number of nitrogens with one attached hydrogen (secondary N) is 1. The fraction of sp³-hybridized carbons (Fsp3) is 0.455. The summed E-state index contributed by atoms with van der Waals surface area (Å²) in [5, 5.41) is 7.42. The first-order valence-corrected chi connectivity index (χ1v) is 12.8. The summed E-state index contributed by atoms with van der Waals surface area (Å²) in [7, 11) is -1.04. The SMILES string of the molecule is CCCO[C@@H](c1ncc(C)cn1)[C@H](C)S(=O)(=O)Nc1nnc(COC)n1-c1cc(OC)ccc1Cl. The van der Waals surface area contributed by atoms with Gasteiger partial charge in [0.25, 0.3) is 0 Å². The lowest BCUT2D eigenvalue weighted by Crippen LogP contribution is -2.34. The van der Waals surface area contributed by atoms with Crippen molar-refractivity contribution in [3.63, 3.8) is 0 Å². The van der Waals surface area contributed by atoms with Crippen LogP contribution in [0.1, 0.15) is 43.6 Å². The molecular weight excluding hydrogens is 496 g/mol. The van der Waals surface area contributed by atoms with Crippen LogP contribution >= 0.6 is 11.6 Å². The molecule has 2 aromatic heterocycles. The summed E-state index contributed by atoms with van der Waals surface area (Å²) >= 11 is 6.44. The van der Waals surface area contributed by atoms with Gasteiger partial charge in [0.15, 0.2) is 11.6 Å². The van der Waals surface area contributed by atoms with Gasteiger partial charge in [0.2, 0.25) is 16.0 Å². The summed E-state index contributed by atoms with van der Waals surface area (Å²) in [6.45, 7) is 5.72. The monoisotopic (exact) mass is 524 g/mol. The number of ether oxygens (including phenoxy) is 3. The Kier molecular flexibility index (Phi) is 9.00. The van der Waals surface area contributed by atoms with Crippen LogP contribution in [0.25, 0.3) is 5.69 Å². The molecule has 1 aromatic carbocycles. The van der Waals surface area contributed by atoms with Gasteiger partial charge in [-0.1, -0.05) is 18.5 Å². The van der Waals surface area contributed by atoms with E-state index in [-0.39, 0.29) is 18.4 Å². The van der Waals surface area contributed by atoms with E-state index >= 15 is 0 Å². The van der Waals surface area contributed by atoms with E-state index < -0.39 is 21.4 Å². The predicted octanol–water partition coefficient (Wildman–Crippen LogP) is 3.47. The van der Waals surface area contributed by atoms with Crippen LogP contribution in [0, 0.1) is 6.92 Å². The van der Waals surface area contributed by atoms with Gasteiger partial charge in [-0.25, -0.2) is 18.4 Å². The van der Waals surface area contributed by atoms with Gasteiger partial charge >= 0.3 is 0 Å². The highest BCUT2D eigenvalue weighted by Gasteiger charge is 2.35. The van der Waals surface area contributed by atoms with Gasteiger partial charge in [-0.2, -0.15) is 0 Å². The average Bonchev–Trinajstić information content (AvgIpc) is 3.21. The fourth-order valence-corrected chi connectivity index (χ4v) is 4.55. The van der Waals surface area contributed by atoms with E-state index in [0.29, 0.717) is 35.3 Å². The Hall–Kier alpha value is -2.80. The van der Waals surface area contributed by atoms with Gasteiger partial charge in [0.05, 0.1) is 17.8 Å². The quantitative estimate of drug-likeness (QED) is 0.378. The molecule has 11 nitrogen and oxygen atoms in total. The van der Waals surface area contributed by atoms with Crippen LogP contribution in [-0.2, 0) is 26.1 Å². The zero-order valence-electron chi connectivity index (χ0n) is 20.2. The third-order valence-corrected chi connectivity index (χ3v) is 7.12. The second kappa shape index (κ2) is 11.8. The maximum absolute atomic E-state index is 13.5. The Morgan fingerprint density at radius 3 is 2.51 bits per heavy atom. The van der Waals surface area contributed by atoms with Crippen LogP contribution in [0.2, 0.25) is 5.02 Å². The van der Waals surface area contributed by atoms with Gasteiger partial charge in [0, 0.05) is 32.2 Å². The molecule has 2 atom stereocenters. The molecule has 0 amide bonds. The van der Waals surface area contributed by atoms with Crippen LogP contribution in [0.5, 0.6) is 5.75 Å². The number of rotatable bonds is 12. The highest BCUT2D eigenvalue weighted by molar-refractivity contribution is 7.93. The minimum absolute atomic E-state index is 0.0573. The molecule has 0 bridgehead atoms. The normalized spacial score (nSPS) is 13.4. The minimum atomic E-state index is -4.06. The van der Waals surface area contributed by atoms with Crippen LogP contribution in [-0.4, -0.2) is 59.2 Å². The molecule has 2 heterocycles. The zero-order valence-corrected chi connectivity index (χ0v) is 21.8. The number of anilines is 1. The van der Waals surface area contributed by atoms with Crippen molar-refractivity contribution in [3.8, 4) is 11.4 Å². The third-order valence-electron chi connectivity index (χ3n) is 5.10. The number of hydrogen-bond acceptors (Lipinski definition) is 9. The molecule has 0 saturated heterocycles. The lowest BCUT2D eigenvalue weighted by Gasteiger charge is -2.23. The van der Waals surface area contributed by atoms with E-state index in [1.807, 2.05) is 13.8 Å². The van der Waals surface area contributed by atoms with Gasteiger partial charge in [0.1, 0.15) is 23.7 Å². The topological polar surface area (TPSA) is 130 Å². The fourth-order valence-electron chi connectivity index (χ4n) is 3.25. The van der Waals surface area contributed by atoms with Crippen LogP contribution < -0.4 is 9.46 Å². The predicted molar refractivity (Wildman–Crippen MR) is 131 cm³/mol. The first kappa shape index (κ1) is 26.8. The largest absolute Gasteiger partial charge is 0.497 e. The lowest BCUT2D eigenvalue weighted by molar-refractivity contribution is 0.0466. The maximum atomic E-state index is 13.5. The van der Waals surface area contributed by atoms with Crippen molar-refractivity contribution in [2.45, 2.75) is 45.2 Å². The smallest absolute Gasteiger partial charge is 0.243 e. The van der Waals surface area contributed by atoms with Gasteiger partial charge in [-0.15, -0.1) is 10.2 Å². The number of sulfonamides is 1. The Morgan fingerprint density at radius 1 is 1.17 bits per heavy atom. The molecule has 3 rings (SSSR count). The number of nitrogens with zero attached hydrogens (tertiary/aromatic N) is 5. The molecule has 13 heteroatoms. The second-order valence-electron chi connectivity index (χ2n) is 7.79. The molecule has 0 saturated carbocycles. The Labute approximate surface area is 209 Å². The van der Waals surface area contributed by atoms with Crippen LogP contribution in [0.4, 0.5) is 5.95 Å². The number of hydrogen-bond donors (Lipinski definition) is 1. The number of aromatic nitrogens is 5. The molecule has 0 fully saturated rings. The van der Waals surface area contributed by atoms with Gasteiger partial charge < -0.3 is 14.2 Å². The number of halogens is 1. The second-order valence-corrected chi connectivity index (χ2v) is 10.2. The van der Waals surface area contributed by atoms with Crippen LogP contribution in [0.15, 0.2) is 30.6 Å². The summed E-state index contributed by atoms with van der Waals surface area (Å²) in [4.78, 5) is 8.58. The molecule has 0 aliphatic heterocycles. The number of aryl methyl sites for hydroxylation is 1. The van der Waals surface area contributed by atoms with E-state index in [1.165, 1.54) is 25.7 Å². The summed E-state index contributed by atoms with van der Waals surface area (Å²) in [6.07, 6.45) is 3.04. The van der Waals surface area contributed by atoms with Crippen LogP contribution in [0.3, 0.4) is 0 Å². The molecule has 0 radical (unpaired) electrons. The molecule has 35 heavy (non-hydrogen) atoms. The van der Waals surface area contributed by atoms with Crippen molar-refractivity contribution in [2.75, 3.05) is 25.5 Å².